The first kappa shape index (κ1) is 10.8. The summed E-state index contributed by atoms with van der Waals surface area (Å²) in [6.07, 6.45) is 6.84. The quantitative estimate of drug-likeness (QED) is 0.368. The van der Waals surface area contributed by atoms with Crippen LogP contribution in [-0.4, -0.2) is 18.5 Å². The lowest BCUT2D eigenvalue weighted by Crippen LogP contribution is -2.39. The van der Waals surface area contributed by atoms with Crippen LogP contribution < -0.4 is 11.1 Å². The summed E-state index contributed by atoms with van der Waals surface area (Å²) in [6, 6.07) is 0.255. The second kappa shape index (κ2) is 6.53. The summed E-state index contributed by atoms with van der Waals surface area (Å²) >= 11 is 0. The van der Waals surface area contributed by atoms with Gasteiger partial charge in [0, 0.05) is 19.0 Å². The second-order valence-electron chi connectivity index (χ2n) is 2.52. The number of terminal acetylenes is 1. The van der Waals surface area contributed by atoms with Crippen molar-refractivity contribution in [1.29, 1.82) is 0 Å². The number of hydrogen-bond donors (Lipinski definition) is 2. The third-order valence-electron chi connectivity index (χ3n) is 1.54. The van der Waals surface area contributed by atoms with Gasteiger partial charge in [0.25, 0.3) is 0 Å². The largest absolute Gasteiger partial charge is 0.370 e. The van der Waals surface area contributed by atoms with Crippen LogP contribution in [0.25, 0.3) is 0 Å². The van der Waals surface area contributed by atoms with E-state index in [1.165, 1.54) is 0 Å². The van der Waals surface area contributed by atoms with Crippen molar-refractivity contribution in [3.05, 3.63) is 0 Å². The predicted molar refractivity (Wildman–Crippen MR) is 52.8 cm³/mol. The topological polar surface area (TPSA) is 50.4 Å². The maximum Gasteiger partial charge on any atom is 0.188 e. The molecule has 12 heavy (non-hydrogen) atoms. The van der Waals surface area contributed by atoms with Crippen LogP contribution in [-0.2, 0) is 0 Å². The molecular weight excluding hydrogens is 150 g/mol. The number of nitrogens with two attached hydrogens (primary N) is 1. The Labute approximate surface area is 74.4 Å². The number of rotatable bonds is 4. The van der Waals surface area contributed by atoms with Crippen molar-refractivity contribution < 1.29 is 0 Å². The van der Waals surface area contributed by atoms with Crippen LogP contribution in [0.5, 0.6) is 0 Å². The van der Waals surface area contributed by atoms with Crippen molar-refractivity contribution in [2.45, 2.75) is 32.7 Å². The summed E-state index contributed by atoms with van der Waals surface area (Å²) in [7, 11) is 0. The zero-order valence-corrected chi connectivity index (χ0v) is 7.80. The molecule has 0 fully saturated rings. The minimum atomic E-state index is 0.255. The highest BCUT2D eigenvalue weighted by atomic mass is 15.1. The number of aliphatic imine (C=N–C) groups is 1. The van der Waals surface area contributed by atoms with Gasteiger partial charge >= 0.3 is 0 Å². The summed E-state index contributed by atoms with van der Waals surface area (Å²) in [6.45, 7) is 4.70. The number of hydrogen-bond acceptors (Lipinski definition) is 1. The molecule has 0 spiro atoms. The normalized spacial score (nSPS) is 13.6. The molecule has 1 unspecified atom stereocenters. The van der Waals surface area contributed by atoms with Gasteiger partial charge in [-0.2, -0.15) is 0 Å². The molecule has 0 aliphatic heterocycles. The van der Waals surface area contributed by atoms with E-state index in [4.69, 9.17) is 12.2 Å². The molecule has 1 atom stereocenters. The van der Waals surface area contributed by atoms with Gasteiger partial charge in [-0.1, -0.05) is 6.92 Å². The van der Waals surface area contributed by atoms with E-state index < -0.39 is 0 Å². The molecule has 0 aliphatic carbocycles. The van der Waals surface area contributed by atoms with E-state index in [2.05, 4.69) is 23.2 Å². The SMILES string of the molecule is C#CCC(CC)NC(N)=NCC. The van der Waals surface area contributed by atoms with E-state index in [-0.39, 0.29) is 6.04 Å². The van der Waals surface area contributed by atoms with Crippen molar-refractivity contribution >= 4 is 5.96 Å². The molecule has 3 heteroatoms. The number of nitrogens with zero attached hydrogens (tertiary/aromatic N) is 1. The molecule has 0 radical (unpaired) electrons. The van der Waals surface area contributed by atoms with Gasteiger partial charge in [-0.25, -0.2) is 0 Å². The van der Waals surface area contributed by atoms with Crippen molar-refractivity contribution in [2.24, 2.45) is 10.7 Å². The van der Waals surface area contributed by atoms with Crippen LogP contribution in [0.4, 0.5) is 0 Å². The molecule has 0 heterocycles. The Hall–Kier alpha value is -1.17. The third kappa shape index (κ3) is 4.62. The summed E-state index contributed by atoms with van der Waals surface area (Å²) in [5, 5.41) is 3.05. The van der Waals surface area contributed by atoms with E-state index in [1.54, 1.807) is 0 Å². The zero-order chi connectivity index (χ0) is 9.40. The fourth-order valence-electron chi connectivity index (χ4n) is 0.865. The fourth-order valence-corrected chi connectivity index (χ4v) is 0.865. The van der Waals surface area contributed by atoms with Gasteiger partial charge in [0.2, 0.25) is 0 Å². The lowest BCUT2D eigenvalue weighted by Gasteiger charge is -2.14. The zero-order valence-electron chi connectivity index (χ0n) is 7.80. The van der Waals surface area contributed by atoms with Crippen LogP contribution >= 0.6 is 0 Å². The standard InChI is InChI=1S/C9H17N3/c1-4-7-8(5-2)12-9(10)11-6-3/h1,8H,5-7H2,2-3H3,(H3,10,11,12). The van der Waals surface area contributed by atoms with Crippen LogP contribution in [0.3, 0.4) is 0 Å². The number of nitrogens with one attached hydrogen (secondary N) is 1. The van der Waals surface area contributed by atoms with Crippen molar-refractivity contribution in [3.63, 3.8) is 0 Å². The average molecular weight is 167 g/mol. The highest BCUT2D eigenvalue weighted by Gasteiger charge is 2.03. The second-order valence-corrected chi connectivity index (χ2v) is 2.52. The number of guanidine groups is 1. The predicted octanol–water partition coefficient (Wildman–Crippen LogP) is 0.713. The Balaban J connectivity index is 3.86. The van der Waals surface area contributed by atoms with Crippen LogP contribution in [0.1, 0.15) is 26.7 Å². The summed E-state index contributed by atoms with van der Waals surface area (Å²) < 4.78 is 0. The molecule has 0 bridgehead atoms. The molecule has 3 nitrogen and oxygen atoms in total. The molecule has 0 aromatic rings. The van der Waals surface area contributed by atoms with Gasteiger partial charge in [0.1, 0.15) is 0 Å². The van der Waals surface area contributed by atoms with Crippen molar-refractivity contribution in [2.75, 3.05) is 6.54 Å². The third-order valence-corrected chi connectivity index (χ3v) is 1.54. The molecule has 0 amide bonds. The molecule has 0 rings (SSSR count). The monoisotopic (exact) mass is 167 g/mol. The van der Waals surface area contributed by atoms with E-state index in [9.17, 15) is 0 Å². The van der Waals surface area contributed by atoms with Crippen LogP contribution in [0.2, 0.25) is 0 Å². The minimum absolute atomic E-state index is 0.255. The molecule has 0 saturated heterocycles. The summed E-state index contributed by atoms with van der Waals surface area (Å²) in [4.78, 5) is 4.01. The maximum absolute atomic E-state index is 5.56. The molecule has 0 saturated carbocycles. The molecule has 3 N–H and O–H groups in total. The summed E-state index contributed by atoms with van der Waals surface area (Å²) in [5.74, 6) is 3.08. The highest BCUT2D eigenvalue weighted by Crippen LogP contribution is 1.94. The first-order valence-electron chi connectivity index (χ1n) is 4.24. The van der Waals surface area contributed by atoms with Gasteiger partial charge in [-0.15, -0.1) is 12.3 Å². The fraction of sp³-hybridized carbons (Fsp3) is 0.667. The average Bonchev–Trinajstić information content (AvgIpc) is 2.04. The van der Waals surface area contributed by atoms with Gasteiger partial charge in [-0.05, 0) is 13.3 Å². The van der Waals surface area contributed by atoms with E-state index >= 15 is 0 Å². The minimum Gasteiger partial charge on any atom is -0.370 e. The van der Waals surface area contributed by atoms with Gasteiger partial charge in [0.15, 0.2) is 5.96 Å². The van der Waals surface area contributed by atoms with E-state index in [1.807, 2.05) is 6.92 Å². The Morgan fingerprint density at radius 2 is 2.33 bits per heavy atom. The molecule has 0 aliphatic rings. The lowest BCUT2D eigenvalue weighted by molar-refractivity contribution is 0.599. The Morgan fingerprint density at radius 3 is 2.75 bits per heavy atom. The van der Waals surface area contributed by atoms with Crippen LogP contribution in [0, 0.1) is 12.3 Å². The van der Waals surface area contributed by atoms with Crippen LogP contribution in [0.15, 0.2) is 4.99 Å². The Bertz CT molecular complexity index is 179. The maximum atomic E-state index is 5.56. The molecular formula is C9H17N3. The first-order chi connectivity index (χ1) is 5.74. The van der Waals surface area contributed by atoms with Gasteiger partial charge in [0.05, 0.1) is 0 Å². The van der Waals surface area contributed by atoms with Crippen molar-refractivity contribution in [1.82, 2.24) is 5.32 Å². The highest BCUT2D eigenvalue weighted by molar-refractivity contribution is 5.78. The van der Waals surface area contributed by atoms with Crippen molar-refractivity contribution in [3.8, 4) is 12.3 Å². The Morgan fingerprint density at radius 1 is 1.67 bits per heavy atom. The van der Waals surface area contributed by atoms with E-state index in [0.717, 1.165) is 6.42 Å². The first-order valence-corrected chi connectivity index (χ1v) is 4.24. The Kier molecular flexibility index (Phi) is 5.90. The lowest BCUT2D eigenvalue weighted by atomic mass is 10.2. The smallest absolute Gasteiger partial charge is 0.188 e. The molecule has 68 valence electrons. The molecule has 0 aromatic heterocycles. The van der Waals surface area contributed by atoms with Gasteiger partial charge in [-0.3, -0.25) is 4.99 Å². The molecule has 0 aromatic carbocycles. The summed E-state index contributed by atoms with van der Waals surface area (Å²) in [5.41, 5.74) is 5.56. The van der Waals surface area contributed by atoms with Gasteiger partial charge < -0.3 is 11.1 Å². The van der Waals surface area contributed by atoms with E-state index in [0.29, 0.717) is 18.9 Å².